The Morgan fingerprint density at radius 1 is 1.12 bits per heavy atom. The molecule has 1 saturated heterocycles. The van der Waals surface area contributed by atoms with Crippen LogP contribution < -0.4 is 11.1 Å². The van der Waals surface area contributed by atoms with Crippen molar-refractivity contribution in [1.29, 1.82) is 0 Å². The Kier molecular flexibility index (Phi) is 4.78. The predicted octanol–water partition coefficient (Wildman–Crippen LogP) is 3.05. The number of nitrogens with zero attached hydrogens (tertiary/aromatic N) is 1. The molecule has 1 aromatic carbocycles. The standard InChI is InChI=1S/C20H23N3O2S/c21-16-6-9-23(10-7-16)20(25)17-8-11-26-19(17)22-18(24)15-5-4-13-2-1-3-14(13)12-15/h4-5,8,11-12,16H,1-3,6-7,9-10,21H2,(H,22,24). The molecule has 4 rings (SSSR count). The van der Waals surface area contributed by atoms with E-state index in [1.54, 1.807) is 6.07 Å². The normalized spacial score (nSPS) is 17.2. The van der Waals surface area contributed by atoms with Crippen LogP contribution in [0.2, 0.25) is 0 Å². The number of nitrogens with two attached hydrogens (primary N) is 1. The molecule has 1 aliphatic heterocycles. The predicted molar refractivity (Wildman–Crippen MR) is 104 cm³/mol. The van der Waals surface area contributed by atoms with E-state index in [0.29, 0.717) is 29.2 Å². The van der Waals surface area contributed by atoms with E-state index in [9.17, 15) is 9.59 Å². The molecule has 0 spiro atoms. The minimum Gasteiger partial charge on any atom is -0.338 e. The highest BCUT2D eigenvalue weighted by Gasteiger charge is 2.25. The number of anilines is 1. The molecule has 5 nitrogen and oxygen atoms in total. The molecule has 26 heavy (non-hydrogen) atoms. The molecule has 3 N–H and O–H groups in total. The molecule has 0 radical (unpaired) electrons. The molecule has 0 unspecified atom stereocenters. The average Bonchev–Trinajstić information content (AvgIpc) is 3.30. The van der Waals surface area contributed by atoms with Gasteiger partial charge in [-0.25, -0.2) is 0 Å². The zero-order chi connectivity index (χ0) is 18.1. The highest BCUT2D eigenvalue weighted by molar-refractivity contribution is 7.14. The van der Waals surface area contributed by atoms with Crippen molar-refractivity contribution in [2.24, 2.45) is 5.73 Å². The number of carbonyl (C=O) groups is 2. The third-order valence-corrected chi connectivity index (χ3v) is 6.14. The van der Waals surface area contributed by atoms with Gasteiger partial charge >= 0.3 is 0 Å². The number of nitrogens with one attached hydrogen (secondary N) is 1. The summed E-state index contributed by atoms with van der Waals surface area (Å²) in [5.41, 5.74) is 9.76. The van der Waals surface area contributed by atoms with E-state index in [4.69, 9.17) is 5.73 Å². The summed E-state index contributed by atoms with van der Waals surface area (Å²) in [4.78, 5) is 27.3. The summed E-state index contributed by atoms with van der Waals surface area (Å²) in [5, 5.41) is 5.40. The number of carbonyl (C=O) groups excluding carboxylic acids is 2. The molecule has 2 amide bonds. The topological polar surface area (TPSA) is 75.4 Å². The van der Waals surface area contributed by atoms with Gasteiger partial charge in [0.15, 0.2) is 0 Å². The number of rotatable bonds is 3. The van der Waals surface area contributed by atoms with E-state index < -0.39 is 0 Å². The summed E-state index contributed by atoms with van der Waals surface area (Å²) in [6.45, 7) is 1.35. The van der Waals surface area contributed by atoms with Crippen LogP contribution in [0.1, 0.15) is 51.1 Å². The number of hydrogen-bond donors (Lipinski definition) is 2. The summed E-state index contributed by atoms with van der Waals surface area (Å²) in [6.07, 6.45) is 4.94. The lowest BCUT2D eigenvalue weighted by atomic mass is 10.1. The van der Waals surface area contributed by atoms with Crippen molar-refractivity contribution in [3.05, 3.63) is 51.9 Å². The first-order chi connectivity index (χ1) is 12.6. The second kappa shape index (κ2) is 7.21. The third kappa shape index (κ3) is 3.39. The fourth-order valence-electron chi connectivity index (χ4n) is 3.74. The highest BCUT2D eigenvalue weighted by atomic mass is 32.1. The maximum atomic E-state index is 12.8. The Hall–Kier alpha value is -2.18. The van der Waals surface area contributed by atoms with Crippen molar-refractivity contribution >= 4 is 28.2 Å². The number of thiophene rings is 1. The largest absolute Gasteiger partial charge is 0.338 e. The molecule has 6 heteroatoms. The first-order valence-corrected chi connectivity index (χ1v) is 10.1. The van der Waals surface area contributed by atoms with Crippen LogP contribution in [0.25, 0.3) is 0 Å². The van der Waals surface area contributed by atoms with E-state index in [-0.39, 0.29) is 17.9 Å². The summed E-state index contributed by atoms with van der Waals surface area (Å²) in [7, 11) is 0. The third-order valence-electron chi connectivity index (χ3n) is 5.31. The van der Waals surface area contributed by atoms with Gasteiger partial charge in [0.25, 0.3) is 11.8 Å². The summed E-state index contributed by atoms with van der Waals surface area (Å²) >= 11 is 1.39. The van der Waals surface area contributed by atoms with Crippen LogP contribution in [0.5, 0.6) is 0 Å². The number of piperidine rings is 1. The second-order valence-corrected chi connectivity index (χ2v) is 8.00. The Morgan fingerprint density at radius 2 is 1.88 bits per heavy atom. The van der Waals surface area contributed by atoms with Gasteiger partial charge in [-0.1, -0.05) is 6.07 Å². The average molecular weight is 369 g/mol. The minimum atomic E-state index is -0.156. The van der Waals surface area contributed by atoms with Gasteiger partial charge in [-0.05, 0) is 66.8 Å². The van der Waals surface area contributed by atoms with Gasteiger partial charge in [-0.2, -0.15) is 0 Å². The Balaban J connectivity index is 1.48. The van der Waals surface area contributed by atoms with Gasteiger partial charge in [0.05, 0.1) is 5.56 Å². The van der Waals surface area contributed by atoms with Crippen molar-refractivity contribution < 1.29 is 9.59 Å². The number of benzene rings is 1. The molecule has 0 saturated carbocycles. The smallest absolute Gasteiger partial charge is 0.256 e. The molecule has 1 aliphatic carbocycles. The molecule has 0 bridgehead atoms. The second-order valence-electron chi connectivity index (χ2n) is 7.08. The van der Waals surface area contributed by atoms with E-state index in [0.717, 1.165) is 32.1 Å². The number of hydrogen-bond acceptors (Lipinski definition) is 4. The number of fused-ring (bicyclic) bond motifs is 1. The van der Waals surface area contributed by atoms with Gasteiger partial charge in [0.2, 0.25) is 0 Å². The molecule has 2 heterocycles. The first-order valence-electron chi connectivity index (χ1n) is 9.17. The molecule has 1 fully saturated rings. The molecule has 2 aromatic rings. The Labute approximate surface area is 157 Å². The van der Waals surface area contributed by atoms with Crippen molar-refractivity contribution in [1.82, 2.24) is 4.90 Å². The van der Waals surface area contributed by atoms with Crippen LogP contribution in [0.15, 0.2) is 29.6 Å². The van der Waals surface area contributed by atoms with Crippen molar-refractivity contribution in [3.63, 3.8) is 0 Å². The zero-order valence-corrected chi connectivity index (χ0v) is 15.5. The first kappa shape index (κ1) is 17.2. The molecule has 0 atom stereocenters. The molecular formula is C20H23N3O2S. The Bertz CT molecular complexity index is 837. The number of likely N-dealkylation sites (tertiary alicyclic amines) is 1. The Morgan fingerprint density at radius 3 is 2.69 bits per heavy atom. The maximum Gasteiger partial charge on any atom is 0.256 e. The summed E-state index contributed by atoms with van der Waals surface area (Å²) in [6, 6.07) is 7.88. The number of aryl methyl sites for hydroxylation is 2. The van der Waals surface area contributed by atoms with Crippen LogP contribution in [-0.4, -0.2) is 35.8 Å². The number of amides is 2. The molecule has 1 aromatic heterocycles. The maximum absolute atomic E-state index is 12.8. The van der Waals surface area contributed by atoms with Crippen LogP contribution in [0, 0.1) is 0 Å². The van der Waals surface area contributed by atoms with E-state index in [1.807, 2.05) is 22.4 Å². The van der Waals surface area contributed by atoms with Crippen LogP contribution in [0.3, 0.4) is 0 Å². The SMILES string of the molecule is NC1CCN(C(=O)c2ccsc2NC(=O)c2ccc3c(c2)CCC3)CC1. The fraction of sp³-hybridized carbons (Fsp3) is 0.400. The van der Waals surface area contributed by atoms with Crippen LogP contribution in [-0.2, 0) is 12.8 Å². The van der Waals surface area contributed by atoms with E-state index in [2.05, 4.69) is 11.4 Å². The van der Waals surface area contributed by atoms with Gasteiger partial charge in [-0.15, -0.1) is 11.3 Å². The molecular weight excluding hydrogens is 346 g/mol. The summed E-state index contributed by atoms with van der Waals surface area (Å²) < 4.78 is 0. The lowest BCUT2D eigenvalue weighted by Gasteiger charge is -2.30. The van der Waals surface area contributed by atoms with E-state index in [1.165, 1.54) is 22.5 Å². The fourth-order valence-corrected chi connectivity index (χ4v) is 4.51. The van der Waals surface area contributed by atoms with Crippen LogP contribution in [0.4, 0.5) is 5.00 Å². The lowest BCUT2D eigenvalue weighted by molar-refractivity contribution is 0.0716. The van der Waals surface area contributed by atoms with Gasteiger partial charge < -0.3 is 16.0 Å². The van der Waals surface area contributed by atoms with Gasteiger partial charge in [0, 0.05) is 24.7 Å². The van der Waals surface area contributed by atoms with E-state index >= 15 is 0 Å². The van der Waals surface area contributed by atoms with Gasteiger partial charge in [0.1, 0.15) is 5.00 Å². The molecule has 2 aliphatic rings. The monoisotopic (exact) mass is 369 g/mol. The van der Waals surface area contributed by atoms with Crippen molar-refractivity contribution in [3.8, 4) is 0 Å². The minimum absolute atomic E-state index is 0.0256. The summed E-state index contributed by atoms with van der Waals surface area (Å²) in [5.74, 6) is -0.181. The van der Waals surface area contributed by atoms with Crippen molar-refractivity contribution in [2.45, 2.75) is 38.1 Å². The zero-order valence-electron chi connectivity index (χ0n) is 14.7. The lowest BCUT2D eigenvalue weighted by Crippen LogP contribution is -2.42. The quantitative estimate of drug-likeness (QED) is 0.873. The highest BCUT2D eigenvalue weighted by Crippen LogP contribution is 2.27. The van der Waals surface area contributed by atoms with Crippen molar-refractivity contribution in [2.75, 3.05) is 18.4 Å². The van der Waals surface area contributed by atoms with Gasteiger partial charge in [-0.3, -0.25) is 9.59 Å². The molecule has 136 valence electrons. The van der Waals surface area contributed by atoms with Crippen LogP contribution >= 0.6 is 11.3 Å².